The first kappa shape index (κ1) is 34.6. The molecule has 258 valence electrons. The van der Waals surface area contributed by atoms with Gasteiger partial charge in [0.15, 0.2) is 5.82 Å². The Bertz CT molecular complexity index is 1810. The second-order valence-electron chi connectivity index (χ2n) is 12.4. The van der Waals surface area contributed by atoms with Crippen molar-refractivity contribution in [2.45, 2.75) is 43.1 Å². The first-order chi connectivity index (χ1) is 24.2. The first-order valence-electron chi connectivity index (χ1n) is 16.2. The van der Waals surface area contributed by atoms with Gasteiger partial charge in [-0.15, -0.1) is 0 Å². The van der Waals surface area contributed by atoms with E-state index < -0.39 is 53.1 Å². The van der Waals surface area contributed by atoms with Crippen LogP contribution >= 0.6 is 0 Å². The topological polar surface area (TPSA) is 113 Å². The number of hydrogen-bond acceptors (Lipinski definition) is 6. The van der Waals surface area contributed by atoms with E-state index in [1.54, 1.807) is 0 Å². The SMILES string of the molecule is O=C(O)NC(C(=O)Nc1cncc(F)c1C#CC1CN(Cc2ccccc2)CC2(CCOCC2)O1)C(c1ccc(F)cc1)c1ccc(F)cc1. The number of nitrogens with zero attached hydrogens (tertiary/aromatic N) is 2. The average molecular weight is 685 g/mol. The van der Waals surface area contributed by atoms with Crippen LogP contribution in [-0.4, -0.2) is 71.0 Å². The number of carbonyl (C=O) groups excluding carboxylic acids is 1. The summed E-state index contributed by atoms with van der Waals surface area (Å²) in [5, 5.41) is 14.6. The summed E-state index contributed by atoms with van der Waals surface area (Å²) >= 11 is 0. The largest absolute Gasteiger partial charge is 0.465 e. The van der Waals surface area contributed by atoms with Crippen molar-refractivity contribution in [3.8, 4) is 11.8 Å². The molecular weight excluding hydrogens is 649 g/mol. The Balaban J connectivity index is 1.29. The molecule has 0 bridgehead atoms. The second kappa shape index (κ2) is 15.6. The Morgan fingerprint density at radius 3 is 2.20 bits per heavy atom. The van der Waals surface area contributed by atoms with Crippen molar-refractivity contribution in [1.29, 1.82) is 0 Å². The van der Waals surface area contributed by atoms with Gasteiger partial charge in [0.2, 0.25) is 5.91 Å². The normalized spacial score (nSPS) is 17.8. The standard InChI is InChI=1S/C38H35F3N4O5/c39-28-10-6-26(7-11-28)34(27-8-12-29(40)13-9-27)35(44-37(47)48)36(46)43-33-21-42-20-32(41)31(33)15-14-30-23-45(22-25-4-2-1-3-5-25)24-38(50-30)16-18-49-19-17-38/h1-13,20-21,30,34-35,44H,16-19,22-24H2,(H,43,46)(H,47,48). The lowest BCUT2D eigenvalue weighted by molar-refractivity contribution is -0.174. The molecule has 2 amide bonds. The fraction of sp³-hybridized carbons (Fsp3) is 0.289. The lowest BCUT2D eigenvalue weighted by Gasteiger charge is -2.47. The summed E-state index contributed by atoms with van der Waals surface area (Å²) in [6, 6.07) is 18.8. The van der Waals surface area contributed by atoms with Gasteiger partial charge in [-0.2, -0.15) is 0 Å². The van der Waals surface area contributed by atoms with Crippen molar-refractivity contribution in [3.05, 3.63) is 131 Å². The second-order valence-corrected chi connectivity index (χ2v) is 12.4. The smallest absolute Gasteiger partial charge is 0.405 e. The van der Waals surface area contributed by atoms with Gasteiger partial charge in [-0.3, -0.25) is 14.7 Å². The van der Waals surface area contributed by atoms with E-state index in [0.29, 0.717) is 56.8 Å². The molecule has 3 N–H and O–H groups in total. The van der Waals surface area contributed by atoms with Crippen LogP contribution in [0.4, 0.5) is 23.7 Å². The molecule has 2 saturated heterocycles. The molecule has 1 spiro atoms. The van der Waals surface area contributed by atoms with Crippen LogP contribution in [0.1, 0.15) is 41.0 Å². The number of halogens is 3. The van der Waals surface area contributed by atoms with E-state index in [4.69, 9.17) is 9.47 Å². The van der Waals surface area contributed by atoms with Crippen LogP contribution in [-0.2, 0) is 20.8 Å². The van der Waals surface area contributed by atoms with Gasteiger partial charge in [0.05, 0.1) is 29.2 Å². The predicted octanol–water partition coefficient (Wildman–Crippen LogP) is 5.71. The number of aromatic nitrogens is 1. The van der Waals surface area contributed by atoms with Crippen molar-refractivity contribution in [3.63, 3.8) is 0 Å². The molecule has 1 aromatic heterocycles. The van der Waals surface area contributed by atoms with Gasteiger partial charge >= 0.3 is 6.09 Å². The van der Waals surface area contributed by atoms with Crippen molar-refractivity contribution in [1.82, 2.24) is 15.2 Å². The van der Waals surface area contributed by atoms with Gasteiger partial charge in [0.1, 0.15) is 23.8 Å². The summed E-state index contributed by atoms with van der Waals surface area (Å²) in [6.45, 7) is 2.93. The van der Waals surface area contributed by atoms with E-state index in [1.807, 2.05) is 18.2 Å². The summed E-state index contributed by atoms with van der Waals surface area (Å²) < 4.78 is 55.3. The van der Waals surface area contributed by atoms with Crippen LogP contribution in [0.2, 0.25) is 0 Å². The Morgan fingerprint density at radius 1 is 0.940 bits per heavy atom. The number of morpholine rings is 1. The molecule has 2 atom stereocenters. The molecule has 3 heterocycles. The third kappa shape index (κ3) is 8.49. The molecule has 0 radical (unpaired) electrons. The molecule has 2 unspecified atom stereocenters. The number of ether oxygens (including phenoxy) is 2. The quantitative estimate of drug-likeness (QED) is 0.204. The highest BCUT2D eigenvalue weighted by molar-refractivity contribution is 5.98. The minimum Gasteiger partial charge on any atom is -0.465 e. The molecule has 2 aliphatic heterocycles. The molecule has 4 aromatic rings. The zero-order valence-electron chi connectivity index (χ0n) is 27.0. The summed E-state index contributed by atoms with van der Waals surface area (Å²) in [5.74, 6) is 2.16. The van der Waals surface area contributed by atoms with Gasteiger partial charge in [-0.1, -0.05) is 66.4 Å². The number of carbonyl (C=O) groups is 2. The Hall–Kier alpha value is -5.22. The van der Waals surface area contributed by atoms with Crippen molar-refractivity contribution in [2.24, 2.45) is 0 Å². The minimum atomic E-state index is -1.52. The number of rotatable bonds is 8. The molecule has 50 heavy (non-hydrogen) atoms. The van der Waals surface area contributed by atoms with Crippen molar-refractivity contribution < 1.29 is 37.3 Å². The molecule has 2 aliphatic rings. The van der Waals surface area contributed by atoms with Gasteiger partial charge in [-0.05, 0) is 41.0 Å². The lowest BCUT2D eigenvalue weighted by Crippen LogP contribution is -2.57. The first-order valence-corrected chi connectivity index (χ1v) is 16.2. The van der Waals surface area contributed by atoms with Gasteiger partial charge in [0, 0.05) is 51.6 Å². The van der Waals surface area contributed by atoms with E-state index in [-0.39, 0.29) is 11.3 Å². The van der Waals surface area contributed by atoms with E-state index >= 15 is 4.39 Å². The maximum atomic E-state index is 15.4. The van der Waals surface area contributed by atoms with Crippen LogP contribution in [0, 0.1) is 29.3 Å². The number of hydrogen-bond donors (Lipinski definition) is 3. The third-order valence-electron chi connectivity index (χ3n) is 8.85. The molecule has 6 rings (SSSR count). The summed E-state index contributed by atoms with van der Waals surface area (Å²) in [4.78, 5) is 32.1. The predicted molar refractivity (Wildman–Crippen MR) is 179 cm³/mol. The zero-order valence-corrected chi connectivity index (χ0v) is 27.0. The van der Waals surface area contributed by atoms with Gasteiger partial charge < -0.3 is 25.2 Å². The van der Waals surface area contributed by atoms with Crippen LogP contribution in [0.5, 0.6) is 0 Å². The minimum absolute atomic E-state index is 0.0885. The maximum Gasteiger partial charge on any atom is 0.405 e. The monoisotopic (exact) mass is 684 g/mol. The molecule has 9 nitrogen and oxygen atoms in total. The molecule has 0 saturated carbocycles. The van der Waals surface area contributed by atoms with Gasteiger partial charge in [0.25, 0.3) is 0 Å². The number of anilines is 1. The van der Waals surface area contributed by atoms with Crippen LogP contribution < -0.4 is 10.6 Å². The van der Waals surface area contributed by atoms with Crippen LogP contribution in [0.3, 0.4) is 0 Å². The van der Waals surface area contributed by atoms with Crippen molar-refractivity contribution in [2.75, 3.05) is 31.6 Å². The third-order valence-corrected chi connectivity index (χ3v) is 8.85. The highest BCUT2D eigenvalue weighted by atomic mass is 19.1. The number of pyridine rings is 1. The molecular formula is C38H35F3N4O5. The number of carboxylic acid groups (broad SMARTS) is 1. The Morgan fingerprint density at radius 2 is 1.58 bits per heavy atom. The van der Waals surface area contributed by atoms with Crippen LogP contribution in [0.15, 0.2) is 91.3 Å². The Kier molecular flexibility index (Phi) is 10.8. The van der Waals surface area contributed by atoms with E-state index in [0.717, 1.165) is 11.8 Å². The fourth-order valence-corrected chi connectivity index (χ4v) is 6.51. The number of benzene rings is 3. The average Bonchev–Trinajstić information content (AvgIpc) is 3.10. The molecule has 3 aromatic carbocycles. The zero-order chi connectivity index (χ0) is 35.1. The molecule has 2 fully saturated rings. The highest BCUT2D eigenvalue weighted by Gasteiger charge is 2.41. The fourth-order valence-electron chi connectivity index (χ4n) is 6.51. The summed E-state index contributed by atoms with van der Waals surface area (Å²) in [6.07, 6.45) is 1.44. The lowest BCUT2D eigenvalue weighted by atomic mass is 9.84. The Labute approximate surface area is 287 Å². The van der Waals surface area contributed by atoms with Crippen molar-refractivity contribution >= 4 is 17.7 Å². The molecule has 12 heteroatoms. The number of amides is 2. The van der Waals surface area contributed by atoms with E-state index in [2.05, 4.69) is 44.5 Å². The maximum absolute atomic E-state index is 15.4. The number of nitrogens with one attached hydrogen (secondary N) is 2. The highest BCUT2D eigenvalue weighted by Crippen LogP contribution is 2.33. The summed E-state index contributed by atoms with van der Waals surface area (Å²) in [7, 11) is 0. The van der Waals surface area contributed by atoms with Gasteiger partial charge in [-0.25, -0.2) is 18.0 Å². The summed E-state index contributed by atoms with van der Waals surface area (Å²) in [5.41, 5.74) is 1.16. The van der Waals surface area contributed by atoms with Crippen LogP contribution in [0.25, 0.3) is 0 Å². The van der Waals surface area contributed by atoms with E-state index in [1.165, 1.54) is 54.7 Å². The molecule has 0 aliphatic carbocycles. The van der Waals surface area contributed by atoms with E-state index in [9.17, 15) is 23.5 Å².